The molecule has 0 spiro atoms. The Hall–Kier alpha value is -2.39. The molecule has 6 heterocycles. The Bertz CT molecular complexity index is 3340. The topological polar surface area (TPSA) is 652 Å². The summed E-state index contributed by atoms with van der Waals surface area (Å²) in [7, 11) is -24.0. The maximum Gasteiger partial charge on any atom is 0.472 e. The van der Waals surface area contributed by atoms with E-state index in [9.17, 15) is 98.0 Å². The van der Waals surface area contributed by atoms with Crippen molar-refractivity contribution < 1.29 is 191 Å². The van der Waals surface area contributed by atoms with Gasteiger partial charge in [0.1, 0.15) is 79.0 Å². The van der Waals surface area contributed by atoms with Crippen molar-refractivity contribution in [2.24, 2.45) is 17.3 Å². The molecule has 0 radical (unpaired) electrons. The van der Waals surface area contributed by atoms with Gasteiger partial charge in [0, 0.05) is 64.8 Å². The Balaban J connectivity index is 1.06. The number of carbonyl (C=O) groups is 1. The summed E-state index contributed by atoms with van der Waals surface area (Å²) in [5, 5.41) is 92.8. The highest BCUT2D eigenvalue weighted by Crippen LogP contribution is 2.52. The van der Waals surface area contributed by atoms with E-state index in [4.69, 9.17) is 98.3 Å². The van der Waals surface area contributed by atoms with Crippen molar-refractivity contribution in [1.82, 2.24) is 24.8 Å². The summed E-state index contributed by atoms with van der Waals surface area (Å²) < 4.78 is 179. The molecule has 118 heavy (non-hydrogen) atoms. The van der Waals surface area contributed by atoms with Crippen molar-refractivity contribution >= 4 is 62.0 Å². The molecule has 2 aromatic heterocycles. The number of nitrogen functional groups attached to an aromatic ring is 1. The lowest BCUT2D eigenvalue weighted by Crippen LogP contribution is -2.64. The quantitative estimate of drug-likeness (QED) is 0.0333. The van der Waals surface area contributed by atoms with Crippen LogP contribution in [0.25, 0.3) is 11.2 Å². The molecule has 0 aromatic carbocycles. The molecule has 6 rings (SSSR count). The molecule has 17 N–H and O–H groups in total. The number of imidazole rings is 1. The first kappa shape index (κ1) is 104. The van der Waals surface area contributed by atoms with Crippen LogP contribution in [0.2, 0.25) is 0 Å². The predicted octanol–water partition coefficient (Wildman–Crippen LogP) is 2.17. The Morgan fingerprint density at radius 3 is 1.30 bits per heavy atom. The van der Waals surface area contributed by atoms with E-state index in [-0.39, 0.29) is 115 Å². The van der Waals surface area contributed by atoms with E-state index in [0.29, 0.717) is 77.0 Å². The summed E-state index contributed by atoms with van der Waals surface area (Å²) in [5.74, 6) is -1.61. The number of rotatable bonds is 63. The molecule has 4 fully saturated rings. The second kappa shape index (κ2) is 52.7. The molecule has 0 aliphatic carbocycles. The largest absolute Gasteiger partial charge is 0.472 e. The minimum absolute atomic E-state index is 0.0335. The number of aliphatic hydroxyl groups is 9. The Morgan fingerprint density at radius 2 is 0.881 bits per heavy atom. The van der Waals surface area contributed by atoms with Gasteiger partial charge in [-0.1, -0.05) is 52.4 Å². The van der Waals surface area contributed by atoms with Crippen molar-refractivity contribution in [3.63, 3.8) is 0 Å². The first-order valence-electron chi connectivity index (χ1n) is 39.4. The SMILES string of the molecule is CC(=O)NC1[C@H](OCCCCCCOP(=O)(O)OCCCOCC(COCCCOP(=O)(O)OCCCCCCO[C@@H]2OC(CO)[C@H](O)[C@H](O)C2C)(COCCCOP(=O)(O)OCCCCCCO[C@@H]2OC(CO)[C@H](O)[C@H](O)C2C)COP(=O)(O)OC[C@H]2O[C@@H](n3cnc4c(N)ncnc43)CC2OP(=O)(O)OC(C)C)OC(CO)[C@H](O)[C@@H]1O. The standard InChI is InChI=1S/C67H125N6O40P5/c1-44(2)112-118(92,93)113-48-33-53(73-43-71-55-62(68)69-42-70-63(55)73)108-52(48)37-106-117(90,91)107-41-67(38-94-21-18-30-103-114(84,85)100-27-15-9-6-12-24-97-64-45(3)56(78)58(80)49(34-74)109-64,39-95-22-19-31-104-115(86,87)101-28-16-10-7-13-25-98-65-46(4)57(79)59(81)50(35-75)110-65)40-96-23-20-32-105-116(88,89)102-29-17-11-8-14-26-99-66-54(72-47(5)77)61(83)60(82)51(36-76)111-66/h42-46,48-54,56-61,64-66,74-76,78-83H,6-41H2,1-5H3,(H,72,77)(H,84,85)(H,86,87)(H,88,89)(H,90,91)(H,92,93)(H2,68,69,70)/t45?,46?,48?,49?,50?,51?,52-,53-,54?,56-,57-,58+,59+,60+,61-,64-,65-,66-,67?/m1/s1. The third-order valence-electron chi connectivity index (χ3n) is 19.1. The third-order valence-corrected chi connectivity index (χ3v) is 24.3. The summed E-state index contributed by atoms with van der Waals surface area (Å²) in [6, 6.07) is -1.12. The maximum atomic E-state index is 14.2. The lowest BCUT2D eigenvalue weighted by molar-refractivity contribution is -0.282. The van der Waals surface area contributed by atoms with Crippen LogP contribution in [-0.4, -0.2) is 326 Å². The molecule has 688 valence electrons. The molecule has 51 heteroatoms. The predicted molar refractivity (Wildman–Crippen MR) is 407 cm³/mol. The van der Waals surface area contributed by atoms with E-state index in [1.54, 1.807) is 13.8 Å². The van der Waals surface area contributed by atoms with Gasteiger partial charge >= 0.3 is 39.1 Å². The number of anilines is 1. The molecule has 12 unspecified atom stereocenters. The highest BCUT2D eigenvalue weighted by Gasteiger charge is 2.48. The number of carbonyl (C=O) groups excluding carboxylic acids is 1. The van der Waals surface area contributed by atoms with E-state index >= 15 is 0 Å². The van der Waals surface area contributed by atoms with Crippen molar-refractivity contribution in [2.75, 3.05) is 138 Å². The minimum Gasteiger partial charge on any atom is -0.394 e. The van der Waals surface area contributed by atoms with Crippen LogP contribution in [0.3, 0.4) is 0 Å². The third kappa shape index (κ3) is 36.5. The summed E-state index contributed by atoms with van der Waals surface area (Å²) in [5.41, 5.74) is 4.79. The molecule has 23 atom stereocenters. The fourth-order valence-corrected chi connectivity index (χ4v) is 17.0. The van der Waals surface area contributed by atoms with Gasteiger partial charge in [-0.25, -0.2) is 37.8 Å². The molecule has 0 bridgehead atoms. The van der Waals surface area contributed by atoms with Gasteiger partial charge in [0.25, 0.3) is 0 Å². The van der Waals surface area contributed by atoms with E-state index in [2.05, 4.69) is 20.3 Å². The van der Waals surface area contributed by atoms with Crippen molar-refractivity contribution in [3.05, 3.63) is 12.7 Å². The van der Waals surface area contributed by atoms with Crippen molar-refractivity contribution in [2.45, 2.75) is 242 Å². The highest BCUT2D eigenvalue weighted by atomic mass is 31.2. The average molecular weight is 1810 g/mol. The first-order chi connectivity index (χ1) is 55.9. The number of ether oxygens (including phenoxy) is 10. The first-order valence-corrected chi connectivity index (χ1v) is 46.9. The van der Waals surface area contributed by atoms with Gasteiger partial charge in [0.15, 0.2) is 30.3 Å². The number of amides is 1. The van der Waals surface area contributed by atoms with Gasteiger partial charge in [0.2, 0.25) is 5.91 Å². The zero-order valence-corrected chi connectivity index (χ0v) is 71.5. The lowest BCUT2D eigenvalue weighted by Gasteiger charge is -2.42. The Labute approximate surface area is 684 Å². The van der Waals surface area contributed by atoms with Crippen LogP contribution in [0.15, 0.2) is 12.7 Å². The fourth-order valence-electron chi connectivity index (χ4n) is 12.6. The number of aliphatic hydroxyl groups excluding tert-OH is 9. The second-order valence-corrected chi connectivity index (χ2v) is 36.5. The smallest absolute Gasteiger partial charge is 0.394 e. The van der Waals surface area contributed by atoms with Crippen LogP contribution in [0.1, 0.15) is 144 Å². The molecule has 1 amide bonds. The second-order valence-electron chi connectivity index (χ2n) is 29.3. The van der Waals surface area contributed by atoms with E-state index in [1.807, 2.05) is 0 Å². The van der Waals surface area contributed by atoms with Gasteiger partial charge in [-0.2, -0.15) is 0 Å². The minimum atomic E-state index is -5.28. The Morgan fingerprint density at radius 1 is 0.492 bits per heavy atom. The summed E-state index contributed by atoms with van der Waals surface area (Å²) >= 11 is 0. The zero-order valence-electron chi connectivity index (χ0n) is 67.1. The molecular formula is C67H125N6O40P5. The average Bonchev–Trinajstić information content (AvgIpc) is 1.61. The number of fused-ring (bicyclic) bond motifs is 1. The van der Waals surface area contributed by atoms with Crippen LogP contribution in [0.5, 0.6) is 0 Å². The number of hydrogen-bond donors (Lipinski definition) is 16. The molecule has 2 aromatic rings. The summed E-state index contributed by atoms with van der Waals surface area (Å²) in [6.45, 7) is 1.10. The molecular weight excluding hydrogens is 1680 g/mol. The van der Waals surface area contributed by atoms with Gasteiger partial charge < -0.3 is 129 Å². The van der Waals surface area contributed by atoms with Crippen LogP contribution >= 0.6 is 39.1 Å². The monoisotopic (exact) mass is 1810 g/mol. The number of nitrogens with one attached hydrogen (secondary N) is 1. The highest BCUT2D eigenvalue weighted by molar-refractivity contribution is 7.48. The molecule has 4 aliphatic heterocycles. The van der Waals surface area contributed by atoms with Gasteiger partial charge in [-0.05, 0) is 71.6 Å². The molecule has 0 saturated carbocycles. The number of phosphoric acid groups is 5. The molecule has 46 nitrogen and oxygen atoms in total. The number of nitrogens with two attached hydrogens (primary N) is 1. The summed E-state index contributed by atoms with van der Waals surface area (Å²) in [6.07, 6.45) is -10.4. The number of nitrogens with zero attached hydrogens (tertiary/aromatic N) is 4. The van der Waals surface area contributed by atoms with Crippen LogP contribution in [-0.2, 0) is 120 Å². The zero-order chi connectivity index (χ0) is 86.7. The lowest BCUT2D eigenvalue weighted by atomic mass is 9.92. The van der Waals surface area contributed by atoms with Gasteiger partial charge in [-0.15, -0.1) is 0 Å². The van der Waals surface area contributed by atoms with Crippen LogP contribution < -0.4 is 11.1 Å². The van der Waals surface area contributed by atoms with E-state index < -0.39 is 226 Å². The van der Waals surface area contributed by atoms with E-state index in [0.717, 1.165) is 0 Å². The van der Waals surface area contributed by atoms with Crippen molar-refractivity contribution in [3.8, 4) is 0 Å². The van der Waals surface area contributed by atoms with Gasteiger partial charge in [0.05, 0.1) is 123 Å². The normalized spacial score (nSPS) is 29.6. The van der Waals surface area contributed by atoms with Crippen molar-refractivity contribution in [1.29, 1.82) is 0 Å². The number of aromatic nitrogens is 4. The molecule has 4 saturated heterocycles. The number of phosphoric ester groups is 5. The fraction of sp³-hybridized carbons (Fsp3) is 0.910. The number of hydrogen-bond acceptors (Lipinski definition) is 39. The van der Waals surface area contributed by atoms with Crippen LogP contribution in [0, 0.1) is 17.3 Å². The Kier molecular flexibility index (Phi) is 46.6. The number of unbranched alkanes of at least 4 members (excludes halogenated alkanes) is 9. The van der Waals surface area contributed by atoms with Gasteiger partial charge in [-0.3, -0.25) is 54.6 Å². The van der Waals surface area contributed by atoms with E-state index in [1.165, 1.54) is 38.0 Å². The maximum absolute atomic E-state index is 14.2. The summed E-state index contributed by atoms with van der Waals surface area (Å²) in [4.78, 5) is 78.0. The van der Waals surface area contributed by atoms with Crippen LogP contribution in [0.4, 0.5) is 5.82 Å². The molecule has 4 aliphatic rings.